The number of sulfonamides is 1. The van der Waals surface area contributed by atoms with Crippen LogP contribution in [0, 0.1) is 6.92 Å². The highest BCUT2D eigenvalue weighted by molar-refractivity contribution is 7.89. The quantitative estimate of drug-likeness (QED) is 0.385. The van der Waals surface area contributed by atoms with Gasteiger partial charge in [-0.25, -0.2) is 13.2 Å². The van der Waals surface area contributed by atoms with Crippen molar-refractivity contribution in [3.63, 3.8) is 0 Å². The number of thiophene rings is 1. The number of Topliss-reactive ketones (excluding diaryl/α,β-unsaturated/α-hetero) is 2. The number of ether oxygens (including phenoxy) is 1. The van der Waals surface area contributed by atoms with E-state index >= 15 is 0 Å². The van der Waals surface area contributed by atoms with Crippen LogP contribution in [0.2, 0.25) is 0 Å². The van der Waals surface area contributed by atoms with Crippen molar-refractivity contribution in [1.82, 2.24) is 4.31 Å². The molecule has 2 rings (SSSR count). The largest absolute Gasteiger partial charge is 0.462 e. The first-order valence-corrected chi connectivity index (χ1v) is 12.5. The van der Waals surface area contributed by atoms with E-state index in [2.05, 4.69) is 5.32 Å². The summed E-state index contributed by atoms with van der Waals surface area (Å²) in [6, 6.07) is 5.75. The maximum absolute atomic E-state index is 12.7. The van der Waals surface area contributed by atoms with Gasteiger partial charge in [0.15, 0.2) is 11.6 Å². The van der Waals surface area contributed by atoms with Crippen molar-refractivity contribution in [2.45, 2.75) is 39.5 Å². The number of esters is 1. The molecule has 8 nitrogen and oxygen atoms in total. The number of carbonyl (C=O) groups is 3. The van der Waals surface area contributed by atoms with Crippen molar-refractivity contribution in [2.24, 2.45) is 0 Å². The molecule has 1 N–H and O–H groups in total. The van der Waals surface area contributed by atoms with Gasteiger partial charge in [-0.2, -0.15) is 4.31 Å². The van der Waals surface area contributed by atoms with E-state index in [1.807, 2.05) is 0 Å². The fourth-order valence-electron chi connectivity index (χ4n) is 3.21. The van der Waals surface area contributed by atoms with Crippen LogP contribution in [0.5, 0.6) is 0 Å². The summed E-state index contributed by atoms with van der Waals surface area (Å²) in [6.07, 6.45) is 0. The Balaban J connectivity index is 2.22. The molecular formula is C22H28N2O6S2. The summed E-state index contributed by atoms with van der Waals surface area (Å²) in [6.45, 7) is 9.06. The molecule has 0 aliphatic carbocycles. The SMILES string of the molecule is CCOC(=O)c1c(NCC(=O)c2ccc(S(=O)(=O)N(CC)CC)cc2)sc(C(C)=O)c1C. The first-order chi connectivity index (χ1) is 15.1. The minimum absolute atomic E-state index is 0.121. The molecule has 1 heterocycles. The lowest BCUT2D eigenvalue weighted by atomic mass is 10.1. The Bertz CT molecular complexity index is 1100. The molecule has 0 fully saturated rings. The number of rotatable bonds is 11. The number of anilines is 1. The summed E-state index contributed by atoms with van der Waals surface area (Å²) in [7, 11) is -3.60. The Morgan fingerprint density at radius 3 is 2.16 bits per heavy atom. The second-order valence-electron chi connectivity index (χ2n) is 6.93. The number of nitrogens with zero attached hydrogens (tertiary/aromatic N) is 1. The van der Waals surface area contributed by atoms with E-state index in [-0.39, 0.29) is 35.2 Å². The van der Waals surface area contributed by atoms with Gasteiger partial charge >= 0.3 is 5.97 Å². The van der Waals surface area contributed by atoms with Crippen LogP contribution in [0.4, 0.5) is 5.00 Å². The van der Waals surface area contributed by atoms with Gasteiger partial charge in [0.1, 0.15) is 5.00 Å². The first kappa shape index (κ1) is 25.7. The summed E-state index contributed by atoms with van der Waals surface area (Å²) in [5.41, 5.74) is 1.09. The molecule has 0 amide bonds. The van der Waals surface area contributed by atoms with Crippen LogP contribution >= 0.6 is 11.3 Å². The van der Waals surface area contributed by atoms with Crippen molar-refractivity contribution in [2.75, 3.05) is 31.6 Å². The van der Waals surface area contributed by atoms with E-state index in [4.69, 9.17) is 4.74 Å². The highest BCUT2D eigenvalue weighted by atomic mass is 32.2. The van der Waals surface area contributed by atoms with E-state index in [1.165, 1.54) is 35.5 Å². The third-order valence-corrected chi connectivity index (χ3v) is 8.29. The number of ketones is 2. The van der Waals surface area contributed by atoms with Crippen molar-refractivity contribution in [1.29, 1.82) is 0 Å². The lowest BCUT2D eigenvalue weighted by Gasteiger charge is -2.18. The molecule has 1 aromatic heterocycles. The van der Waals surface area contributed by atoms with Gasteiger partial charge in [-0.3, -0.25) is 9.59 Å². The molecule has 32 heavy (non-hydrogen) atoms. The number of nitrogens with one attached hydrogen (secondary N) is 1. The van der Waals surface area contributed by atoms with Crippen LogP contribution in [0.15, 0.2) is 29.2 Å². The van der Waals surface area contributed by atoms with Crippen molar-refractivity contribution in [3.05, 3.63) is 45.8 Å². The van der Waals surface area contributed by atoms with Crippen LogP contribution in [-0.4, -0.2) is 56.5 Å². The fraction of sp³-hybridized carbons (Fsp3) is 0.409. The monoisotopic (exact) mass is 480 g/mol. The molecular weight excluding hydrogens is 452 g/mol. The Hall–Kier alpha value is -2.56. The molecule has 0 spiro atoms. The Morgan fingerprint density at radius 2 is 1.66 bits per heavy atom. The zero-order valence-electron chi connectivity index (χ0n) is 18.9. The minimum atomic E-state index is -3.60. The maximum Gasteiger partial charge on any atom is 0.341 e. The molecule has 0 bridgehead atoms. The Kier molecular flexibility index (Phi) is 8.71. The van der Waals surface area contributed by atoms with Gasteiger partial charge in [0.25, 0.3) is 0 Å². The van der Waals surface area contributed by atoms with Gasteiger partial charge in [0, 0.05) is 18.7 Å². The number of benzene rings is 1. The lowest BCUT2D eigenvalue weighted by Crippen LogP contribution is -2.30. The fourth-order valence-corrected chi connectivity index (χ4v) is 5.75. The van der Waals surface area contributed by atoms with Gasteiger partial charge in [-0.05, 0) is 50.6 Å². The molecule has 0 aliphatic rings. The Morgan fingerprint density at radius 1 is 1.06 bits per heavy atom. The Labute approximate surface area is 192 Å². The lowest BCUT2D eigenvalue weighted by molar-refractivity contribution is 0.0527. The van der Waals surface area contributed by atoms with E-state index in [9.17, 15) is 22.8 Å². The van der Waals surface area contributed by atoms with Crippen LogP contribution in [-0.2, 0) is 14.8 Å². The average molecular weight is 481 g/mol. The predicted molar refractivity (Wildman–Crippen MR) is 124 cm³/mol. The van der Waals surface area contributed by atoms with Crippen molar-refractivity contribution in [3.8, 4) is 0 Å². The number of hydrogen-bond acceptors (Lipinski definition) is 8. The molecule has 0 saturated heterocycles. The molecule has 174 valence electrons. The zero-order valence-corrected chi connectivity index (χ0v) is 20.5. The molecule has 0 saturated carbocycles. The van der Waals surface area contributed by atoms with E-state index in [1.54, 1.807) is 27.7 Å². The summed E-state index contributed by atoms with van der Waals surface area (Å²) in [4.78, 5) is 37.4. The van der Waals surface area contributed by atoms with Gasteiger partial charge in [-0.15, -0.1) is 11.3 Å². The zero-order chi connectivity index (χ0) is 24.1. The van der Waals surface area contributed by atoms with Gasteiger partial charge in [-0.1, -0.05) is 13.8 Å². The molecule has 0 unspecified atom stereocenters. The summed E-state index contributed by atoms with van der Waals surface area (Å²) in [5.74, 6) is -1.03. The topological polar surface area (TPSA) is 110 Å². The standard InChI is InChI=1S/C22H28N2O6S2/c1-6-24(7-2)32(28,29)17-11-9-16(10-12-17)18(26)13-23-21-19(22(27)30-8-3)14(4)20(31-21)15(5)25/h9-12,23H,6-8,13H2,1-5H3. The van der Waals surface area contributed by atoms with Crippen LogP contribution < -0.4 is 5.32 Å². The van der Waals surface area contributed by atoms with Gasteiger partial charge in [0.2, 0.25) is 10.0 Å². The maximum atomic E-state index is 12.7. The predicted octanol–water partition coefficient (Wildman–Crippen LogP) is 3.76. The highest BCUT2D eigenvalue weighted by Crippen LogP contribution is 2.34. The molecule has 0 atom stereocenters. The average Bonchev–Trinajstić information content (AvgIpc) is 3.09. The van der Waals surface area contributed by atoms with E-state index in [0.29, 0.717) is 34.1 Å². The molecule has 10 heteroatoms. The number of hydrogen-bond donors (Lipinski definition) is 1. The van der Waals surface area contributed by atoms with E-state index < -0.39 is 16.0 Å². The minimum Gasteiger partial charge on any atom is -0.462 e. The normalized spacial score (nSPS) is 11.4. The highest BCUT2D eigenvalue weighted by Gasteiger charge is 2.25. The summed E-state index contributed by atoms with van der Waals surface area (Å²) < 4.78 is 31.6. The third-order valence-electron chi connectivity index (χ3n) is 4.88. The summed E-state index contributed by atoms with van der Waals surface area (Å²) in [5, 5.41) is 3.33. The molecule has 2 aromatic rings. The van der Waals surface area contributed by atoms with Crippen molar-refractivity contribution < 1.29 is 27.5 Å². The van der Waals surface area contributed by atoms with Crippen LogP contribution in [0.1, 0.15) is 63.6 Å². The number of carbonyl (C=O) groups excluding carboxylic acids is 3. The molecule has 0 radical (unpaired) electrons. The second kappa shape index (κ2) is 10.8. The summed E-state index contributed by atoms with van der Waals surface area (Å²) >= 11 is 1.10. The smallest absolute Gasteiger partial charge is 0.341 e. The van der Waals surface area contributed by atoms with Crippen LogP contribution in [0.3, 0.4) is 0 Å². The second-order valence-corrected chi connectivity index (χ2v) is 9.89. The van der Waals surface area contributed by atoms with Crippen molar-refractivity contribution >= 4 is 43.9 Å². The third kappa shape index (κ3) is 5.43. The first-order valence-electron chi connectivity index (χ1n) is 10.3. The van der Waals surface area contributed by atoms with E-state index in [0.717, 1.165) is 11.3 Å². The molecule has 0 aliphatic heterocycles. The molecule has 1 aromatic carbocycles. The van der Waals surface area contributed by atoms with Gasteiger partial charge < -0.3 is 10.1 Å². The van der Waals surface area contributed by atoms with Gasteiger partial charge in [0.05, 0.1) is 28.5 Å². The van der Waals surface area contributed by atoms with Crippen LogP contribution in [0.25, 0.3) is 0 Å².